The van der Waals surface area contributed by atoms with Gasteiger partial charge in [-0.2, -0.15) is 0 Å². The summed E-state index contributed by atoms with van der Waals surface area (Å²) in [5.41, 5.74) is 2.28. The van der Waals surface area contributed by atoms with Gasteiger partial charge in [0.25, 0.3) is 5.91 Å². The fourth-order valence-electron chi connectivity index (χ4n) is 4.08. The van der Waals surface area contributed by atoms with Crippen molar-refractivity contribution in [3.63, 3.8) is 0 Å². The summed E-state index contributed by atoms with van der Waals surface area (Å²) < 4.78 is 0. The van der Waals surface area contributed by atoms with Gasteiger partial charge in [0.1, 0.15) is 11.5 Å². The summed E-state index contributed by atoms with van der Waals surface area (Å²) in [7, 11) is 0. The molecule has 162 valence electrons. The second kappa shape index (κ2) is 10.1. The normalized spacial score (nSPS) is 16.4. The molecule has 0 saturated carbocycles. The SMILES string of the molecule is O=C(NCCCCCC(=O)N1CCCC[C@@H]1c1nc2ccccc2[nH]1)c1cnccn1. The summed E-state index contributed by atoms with van der Waals surface area (Å²) in [5, 5.41) is 2.84. The first-order chi connectivity index (χ1) is 15.2. The highest BCUT2D eigenvalue weighted by molar-refractivity contribution is 5.91. The van der Waals surface area contributed by atoms with Crippen LogP contribution in [0.25, 0.3) is 11.0 Å². The van der Waals surface area contributed by atoms with Crippen molar-refractivity contribution in [2.45, 2.75) is 51.0 Å². The standard InChI is InChI=1S/C23H28N6O2/c30-21(11-2-1-6-12-26-23(31)19-16-24-13-14-25-19)29-15-7-5-10-20(29)22-27-17-8-3-4-9-18(17)28-22/h3-4,8-9,13-14,16,20H,1-2,5-7,10-12,15H2,(H,26,31)(H,27,28)/t20-/m1/s1. The highest BCUT2D eigenvalue weighted by atomic mass is 16.2. The van der Waals surface area contributed by atoms with Crippen LogP contribution in [-0.2, 0) is 4.79 Å². The molecular weight excluding hydrogens is 392 g/mol. The van der Waals surface area contributed by atoms with Crippen LogP contribution in [0, 0.1) is 0 Å². The molecular formula is C23H28N6O2. The number of fused-ring (bicyclic) bond motifs is 1. The molecule has 3 heterocycles. The van der Waals surface area contributed by atoms with E-state index in [0.29, 0.717) is 18.7 Å². The lowest BCUT2D eigenvalue weighted by atomic mass is 10.0. The first-order valence-electron chi connectivity index (χ1n) is 11.0. The average molecular weight is 421 g/mol. The van der Waals surface area contributed by atoms with Crippen LogP contribution in [0.15, 0.2) is 42.9 Å². The monoisotopic (exact) mass is 420 g/mol. The van der Waals surface area contributed by atoms with Gasteiger partial charge < -0.3 is 15.2 Å². The molecule has 0 aliphatic carbocycles. The summed E-state index contributed by atoms with van der Waals surface area (Å²) >= 11 is 0. The molecule has 8 heteroatoms. The van der Waals surface area contributed by atoms with Crippen molar-refractivity contribution >= 4 is 22.8 Å². The molecule has 0 radical (unpaired) electrons. The molecule has 8 nitrogen and oxygen atoms in total. The van der Waals surface area contributed by atoms with Crippen molar-refractivity contribution in [2.75, 3.05) is 13.1 Å². The number of unbranched alkanes of at least 4 members (excludes halogenated alkanes) is 2. The van der Waals surface area contributed by atoms with Crippen LogP contribution in [0.5, 0.6) is 0 Å². The molecule has 0 spiro atoms. The Morgan fingerprint density at radius 2 is 2.03 bits per heavy atom. The van der Waals surface area contributed by atoms with Crippen LogP contribution < -0.4 is 5.32 Å². The van der Waals surface area contributed by atoms with Crippen LogP contribution in [0.4, 0.5) is 0 Å². The summed E-state index contributed by atoms with van der Waals surface area (Å²) in [6.07, 6.45) is 10.6. The van der Waals surface area contributed by atoms with Crippen LogP contribution >= 0.6 is 0 Å². The molecule has 31 heavy (non-hydrogen) atoms. The van der Waals surface area contributed by atoms with Gasteiger partial charge in [-0.15, -0.1) is 0 Å². The number of nitrogens with zero attached hydrogens (tertiary/aromatic N) is 4. The van der Waals surface area contributed by atoms with E-state index in [9.17, 15) is 9.59 Å². The van der Waals surface area contributed by atoms with Crippen LogP contribution in [-0.4, -0.2) is 49.7 Å². The molecule has 2 N–H and O–H groups in total. The first-order valence-corrected chi connectivity index (χ1v) is 11.0. The number of imidazole rings is 1. The number of para-hydroxylation sites is 2. The number of hydrogen-bond acceptors (Lipinski definition) is 5. The van der Waals surface area contributed by atoms with Gasteiger partial charge in [0.15, 0.2) is 0 Å². The third-order valence-electron chi connectivity index (χ3n) is 5.70. The van der Waals surface area contributed by atoms with Gasteiger partial charge in [-0.25, -0.2) is 9.97 Å². The van der Waals surface area contributed by atoms with Gasteiger partial charge in [-0.05, 0) is 44.2 Å². The summed E-state index contributed by atoms with van der Waals surface area (Å²) in [6.45, 7) is 1.35. The van der Waals surface area contributed by atoms with Crippen LogP contribution in [0.3, 0.4) is 0 Å². The Balaban J connectivity index is 1.23. The smallest absolute Gasteiger partial charge is 0.271 e. The Bertz CT molecular complexity index is 986. The average Bonchev–Trinajstić information content (AvgIpc) is 3.26. The number of carbonyl (C=O) groups is 2. The number of carbonyl (C=O) groups excluding carboxylic acids is 2. The van der Waals surface area contributed by atoms with E-state index in [1.54, 1.807) is 0 Å². The van der Waals surface area contributed by atoms with Gasteiger partial charge >= 0.3 is 0 Å². The van der Waals surface area contributed by atoms with Crippen molar-refractivity contribution in [1.82, 2.24) is 30.2 Å². The summed E-state index contributed by atoms with van der Waals surface area (Å²) in [6, 6.07) is 8.01. The second-order valence-electron chi connectivity index (χ2n) is 7.90. The Labute approximate surface area is 181 Å². The lowest BCUT2D eigenvalue weighted by Crippen LogP contribution is -2.38. The number of benzene rings is 1. The van der Waals surface area contributed by atoms with Gasteiger partial charge in [-0.1, -0.05) is 18.6 Å². The van der Waals surface area contributed by atoms with Crippen molar-refractivity contribution in [1.29, 1.82) is 0 Å². The predicted octanol–water partition coefficient (Wildman–Crippen LogP) is 3.40. The fraction of sp³-hybridized carbons (Fsp3) is 0.435. The van der Waals surface area contributed by atoms with Crippen molar-refractivity contribution in [3.8, 4) is 0 Å². The first kappa shape index (κ1) is 21.0. The third kappa shape index (κ3) is 5.25. The van der Waals surface area contributed by atoms with E-state index in [1.807, 2.05) is 29.2 Å². The Kier molecular flexibility index (Phi) is 6.86. The number of amides is 2. The molecule has 1 aliphatic heterocycles. The molecule has 0 unspecified atom stereocenters. The summed E-state index contributed by atoms with van der Waals surface area (Å²) in [4.78, 5) is 42.9. The minimum atomic E-state index is -0.217. The van der Waals surface area contributed by atoms with Crippen molar-refractivity contribution < 1.29 is 9.59 Å². The number of likely N-dealkylation sites (tertiary alicyclic amines) is 1. The van der Waals surface area contributed by atoms with Gasteiger partial charge in [0.2, 0.25) is 5.91 Å². The minimum Gasteiger partial charge on any atom is -0.351 e. The number of piperidine rings is 1. The van der Waals surface area contributed by atoms with Crippen molar-refractivity contribution in [3.05, 3.63) is 54.4 Å². The van der Waals surface area contributed by atoms with E-state index in [4.69, 9.17) is 4.98 Å². The number of nitrogens with one attached hydrogen (secondary N) is 2. The molecule has 1 saturated heterocycles. The topological polar surface area (TPSA) is 104 Å². The maximum absolute atomic E-state index is 12.9. The molecule has 1 fully saturated rings. The van der Waals surface area contributed by atoms with E-state index in [0.717, 1.165) is 61.9 Å². The predicted molar refractivity (Wildman–Crippen MR) is 117 cm³/mol. The van der Waals surface area contributed by atoms with E-state index >= 15 is 0 Å². The highest BCUT2D eigenvalue weighted by Crippen LogP contribution is 2.31. The lowest BCUT2D eigenvalue weighted by Gasteiger charge is -2.34. The molecule has 2 aromatic heterocycles. The van der Waals surface area contributed by atoms with E-state index < -0.39 is 0 Å². The zero-order chi connectivity index (χ0) is 21.5. The van der Waals surface area contributed by atoms with Crippen molar-refractivity contribution in [2.24, 2.45) is 0 Å². The molecule has 1 aliphatic rings. The fourth-order valence-corrected chi connectivity index (χ4v) is 4.08. The second-order valence-corrected chi connectivity index (χ2v) is 7.90. The highest BCUT2D eigenvalue weighted by Gasteiger charge is 2.29. The molecule has 4 rings (SSSR count). The van der Waals surface area contributed by atoms with Gasteiger partial charge in [0.05, 0.1) is 23.3 Å². The quantitative estimate of drug-likeness (QED) is 0.544. The maximum atomic E-state index is 12.9. The zero-order valence-corrected chi connectivity index (χ0v) is 17.6. The number of aromatic amines is 1. The Morgan fingerprint density at radius 3 is 2.87 bits per heavy atom. The number of rotatable bonds is 8. The maximum Gasteiger partial charge on any atom is 0.271 e. The summed E-state index contributed by atoms with van der Waals surface area (Å²) in [5.74, 6) is 0.862. The lowest BCUT2D eigenvalue weighted by molar-refractivity contribution is -0.135. The number of hydrogen-bond donors (Lipinski definition) is 2. The van der Waals surface area contributed by atoms with Crippen LogP contribution in [0.2, 0.25) is 0 Å². The number of H-pyrrole nitrogens is 1. The molecule has 2 amide bonds. The molecule has 0 bridgehead atoms. The van der Waals surface area contributed by atoms with Gasteiger partial charge in [0, 0.05) is 31.9 Å². The van der Waals surface area contributed by atoms with Gasteiger partial charge in [-0.3, -0.25) is 14.6 Å². The van der Waals surface area contributed by atoms with Crippen LogP contribution in [0.1, 0.15) is 67.3 Å². The number of aromatic nitrogens is 4. The van der Waals surface area contributed by atoms with E-state index in [2.05, 4.69) is 20.3 Å². The van der Waals surface area contributed by atoms with E-state index in [1.165, 1.54) is 18.6 Å². The Morgan fingerprint density at radius 1 is 1.13 bits per heavy atom. The molecule has 1 aromatic carbocycles. The third-order valence-corrected chi connectivity index (χ3v) is 5.70. The minimum absolute atomic E-state index is 0.0277. The van der Waals surface area contributed by atoms with E-state index in [-0.39, 0.29) is 17.9 Å². The molecule has 3 aromatic rings. The largest absolute Gasteiger partial charge is 0.351 e. The Hall–Kier alpha value is -3.29. The zero-order valence-electron chi connectivity index (χ0n) is 17.6. The molecule has 1 atom stereocenters.